The van der Waals surface area contributed by atoms with Crippen molar-refractivity contribution in [2.45, 2.75) is 6.42 Å². The van der Waals surface area contributed by atoms with Crippen molar-refractivity contribution >= 4 is 23.3 Å². The lowest BCUT2D eigenvalue weighted by Gasteiger charge is -2.10. The molecule has 0 aliphatic rings. The number of anilines is 1. The molecule has 1 aromatic heterocycles. The number of amides is 1. The van der Waals surface area contributed by atoms with Gasteiger partial charge in [-0.05, 0) is 33.1 Å². The van der Waals surface area contributed by atoms with Crippen molar-refractivity contribution in [3.8, 4) is 0 Å². The van der Waals surface area contributed by atoms with Crippen LogP contribution in [0.1, 0.15) is 16.8 Å². The lowest BCUT2D eigenvalue weighted by molar-refractivity contribution is 0.0952. The number of nitrogen functional groups attached to an aromatic ring is 1. The van der Waals surface area contributed by atoms with E-state index in [9.17, 15) is 4.79 Å². The molecule has 1 heterocycles. The number of hydrogen-bond donors (Lipinski definition) is 2. The average Bonchev–Trinajstić information content (AvgIpc) is 2.27. The van der Waals surface area contributed by atoms with Gasteiger partial charge in [0, 0.05) is 12.7 Å². The highest BCUT2D eigenvalue weighted by Gasteiger charge is 2.10. The number of nitrogens with one attached hydrogen (secondary N) is 1. The van der Waals surface area contributed by atoms with Crippen LogP contribution in [0.25, 0.3) is 0 Å². The van der Waals surface area contributed by atoms with E-state index < -0.39 is 0 Å². The maximum atomic E-state index is 11.8. The second kappa shape index (κ2) is 6.42. The molecule has 0 aliphatic carbocycles. The summed E-state index contributed by atoms with van der Waals surface area (Å²) in [6.07, 6.45) is 2.27. The monoisotopic (exact) mass is 256 g/mol. The van der Waals surface area contributed by atoms with E-state index in [-0.39, 0.29) is 11.7 Å². The van der Waals surface area contributed by atoms with Gasteiger partial charge in [0.2, 0.25) is 0 Å². The molecule has 17 heavy (non-hydrogen) atoms. The molecule has 1 amide bonds. The summed E-state index contributed by atoms with van der Waals surface area (Å²) in [5, 5.41) is 3.10. The van der Waals surface area contributed by atoms with Crippen LogP contribution < -0.4 is 11.1 Å². The maximum absolute atomic E-state index is 11.8. The van der Waals surface area contributed by atoms with Crippen molar-refractivity contribution in [3.05, 3.63) is 22.8 Å². The van der Waals surface area contributed by atoms with Gasteiger partial charge in [0.15, 0.2) is 0 Å². The van der Waals surface area contributed by atoms with Gasteiger partial charge in [-0.25, -0.2) is 4.98 Å². The molecule has 0 bridgehead atoms. The molecule has 3 N–H and O–H groups in total. The van der Waals surface area contributed by atoms with Crippen LogP contribution in [0.2, 0.25) is 5.02 Å². The Morgan fingerprint density at radius 3 is 2.94 bits per heavy atom. The number of hydrogen-bond acceptors (Lipinski definition) is 4. The predicted molar refractivity (Wildman–Crippen MR) is 69.2 cm³/mol. The SMILES string of the molecule is CN(C)CCCNC(=O)c1cc(N)ncc1Cl. The summed E-state index contributed by atoms with van der Waals surface area (Å²) < 4.78 is 0. The first-order valence-corrected chi connectivity index (χ1v) is 5.72. The molecule has 0 atom stereocenters. The molecule has 94 valence electrons. The fourth-order valence-corrected chi connectivity index (χ4v) is 1.51. The summed E-state index contributed by atoms with van der Waals surface area (Å²) in [5.74, 6) is 0.0655. The van der Waals surface area contributed by atoms with Gasteiger partial charge in [-0.2, -0.15) is 0 Å². The second-order valence-corrected chi connectivity index (χ2v) is 4.41. The third-order valence-corrected chi connectivity index (χ3v) is 2.49. The molecule has 0 spiro atoms. The number of nitrogens with zero attached hydrogens (tertiary/aromatic N) is 2. The Labute approximate surface area is 106 Å². The summed E-state index contributed by atoms with van der Waals surface area (Å²) in [6, 6.07) is 1.48. The van der Waals surface area contributed by atoms with E-state index in [0.717, 1.165) is 13.0 Å². The van der Waals surface area contributed by atoms with Crippen LogP contribution in [-0.4, -0.2) is 43.0 Å². The summed E-state index contributed by atoms with van der Waals surface area (Å²) >= 11 is 5.87. The van der Waals surface area contributed by atoms with Crippen LogP contribution in [0.4, 0.5) is 5.82 Å². The van der Waals surface area contributed by atoms with Crippen molar-refractivity contribution in [2.75, 3.05) is 32.9 Å². The number of halogens is 1. The van der Waals surface area contributed by atoms with Crippen molar-refractivity contribution < 1.29 is 4.79 Å². The topological polar surface area (TPSA) is 71.2 Å². The first-order chi connectivity index (χ1) is 8.00. The molecule has 1 aromatic rings. The van der Waals surface area contributed by atoms with Crippen LogP contribution in [0.5, 0.6) is 0 Å². The largest absolute Gasteiger partial charge is 0.384 e. The van der Waals surface area contributed by atoms with Crippen LogP contribution in [-0.2, 0) is 0 Å². The molecule has 0 aromatic carbocycles. The van der Waals surface area contributed by atoms with Crippen molar-refractivity contribution in [2.24, 2.45) is 0 Å². The maximum Gasteiger partial charge on any atom is 0.252 e. The third-order valence-electron chi connectivity index (χ3n) is 2.19. The smallest absolute Gasteiger partial charge is 0.252 e. The van der Waals surface area contributed by atoms with E-state index in [2.05, 4.69) is 15.2 Å². The first-order valence-electron chi connectivity index (χ1n) is 5.34. The zero-order valence-electron chi connectivity index (χ0n) is 10.0. The summed E-state index contributed by atoms with van der Waals surface area (Å²) in [7, 11) is 3.98. The van der Waals surface area contributed by atoms with Gasteiger partial charge in [0.1, 0.15) is 5.82 Å². The van der Waals surface area contributed by atoms with Crippen molar-refractivity contribution in [1.29, 1.82) is 0 Å². The lowest BCUT2D eigenvalue weighted by atomic mass is 10.2. The molecule has 0 saturated heterocycles. The second-order valence-electron chi connectivity index (χ2n) is 4.00. The van der Waals surface area contributed by atoms with Crippen LogP contribution in [0.15, 0.2) is 12.3 Å². The summed E-state index contributed by atoms with van der Waals surface area (Å²) in [5.41, 5.74) is 5.87. The number of nitrogens with two attached hydrogens (primary N) is 1. The molecular formula is C11H17ClN4O. The molecule has 5 nitrogen and oxygen atoms in total. The minimum absolute atomic E-state index is 0.220. The van der Waals surface area contributed by atoms with E-state index in [1.54, 1.807) is 0 Å². The van der Waals surface area contributed by atoms with Gasteiger partial charge in [-0.3, -0.25) is 4.79 Å². The lowest BCUT2D eigenvalue weighted by Crippen LogP contribution is -2.27. The Balaban J connectivity index is 2.49. The van der Waals surface area contributed by atoms with Crippen molar-refractivity contribution in [1.82, 2.24) is 15.2 Å². The normalized spacial score (nSPS) is 10.6. The molecule has 0 saturated carbocycles. The Kier molecular flexibility index (Phi) is 5.18. The molecule has 1 rings (SSSR count). The van der Waals surface area contributed by atoms with Crippen LogP contribution >= 0.6 is 11.6 Å². The molecule has 0 unspecified atom stereocenters. The molecule has 0 aliphatic heterocycles. The van der Waals surface area contributed by atoms with Gasteiger partial charge in [-0.15, -0.1) is 0 Å². The average molecular weight is 257 g/mol. The highest BCUT2D eigenvalue weighted by atomic mass is 35.5. The number of carbonyl (C=O) groups is 1. The van der Waals surface area contributed by atoms with Crippen LogP contribution in [0, 0.1) is 0 Å². The zero-order valence-corrected chi connectivity index (χ0v) is 10.8. The van der Waals surface area contributed by atoms with Gasteiger partial charge < -0.3 is 16.0 Å². The fourth-order valence-electron chi connectivity index (χ4n) is 1.32. The summed E-state index contributed by atoms with van der Waals surface area (Å²) in [4.78, 5) is 17.6. The van der Waals surface area contributed by atoms with Gasteiger partial charge >= 0.3 is 0 Å². The summed E-state index contributed by atoms with van der Waals surface area (Å²) in [6.45, 7) is 1.53. The van der Waals surface area contributed by atoms with E-state index in [4.69, 9.17) is 17.3 Å². The minimum atomic E-state index is -0.220. The van der Waals surface area contributed by atoms with E-state index >= 15 is 0 Å². The Morgan fingerprint density at radius 1 is 1.59 bits per heavy atom. The number of pyridine rings is 1. The predicted octanol–water partition coefficient (Wildman–Crippen LogP) is 0.999. The van der Waals surface area contributed by atoms with Crippen molar-refractivity contribution in [3.63, 3.8) is 0 Å². The van der Waals surface area contributed by atoms with Gasteiger partial charge in [0.05, 0.1) is 10.6 Å². The molecule has 6 heteroatoms. The highest BCUT2D eigenvalue weighted by Crippen LogP contribution is 2.16. The Bertz CT molecular complexity index is 395. The van der Waals surface area contributed by atoms with E-state index in [0.29, 0.717) is 17.1 Å². The first kappa shape index (κ1) is 13.7. The highest BCUT2D eigenvalue weighted by molar-refractivity contribution is 6.33. The number of rotatable bonds is 5. The molecular weight excluding hydrogens is 240 g/mol. The minimum Gasteiger partial charge on any atom is -0.384 e. The fraction of sp³-hybridized carbons (Fsp3) is 0.455. The standard InChI is InChI=1S/C11H17ClN4O/c1-16(2)5-3-4-14-11(17)8-6-10(13)15-7-9(8)12/h6-7H,3-5H2,1-2H3,(H2,13,15)(H,14,17). The zero-order chi connectivity index (χ0) is 12.8. The van der Waals surface area contributed by atoms with Gasteiger partial charge in [-0.1, -0.05) is 11.6 Å². The Morgan fingerprint density at radius 2 is 2.29 bits per heavy atom. The Hall–Kier alpha value is -1.33. The van der Waals surface area contributed by atoms with Crippen LogP contribution in [0.3, 0.4) is 0 Å². The van der Waals surface area contributed by atoms with E-state index in [1.165, 1.54) is 12.3 Å². The molecule has 0 radical (unpaired) electrons. The molecule has 0 fully saturated rings. The quantitative estimate of drug-likeness (QED) is 0.771. The van der Waals surface area contributed by atoms with Gasteiger partial charge in [0.25, 0.3) is 5.91 Å². The van der Waals surface area contributed by atoms with E-state index in [1.807, 2.05) is 14.1 Å². The number of carbonyl (C=O) groups excluding carboxylic acids is 1. The third kappa shape index (κ3) is 4.58. The number of aromatic nitrogens is 1.